The lowest BCUT2D eigenvalue weighted by atomic mass is 10.3. The van der Waals surface area contributed by atoms with Crippen LogP contribution in [0.5, 0.6) is 0 Å². The first-order valence-corrected chi connectivity index (χ1v) is 9.28. The number of hydrogen-bond acceptors (Lipinski definition) is 4. The molecule has 2 aromatic rings. The third-order valence-corrected chi connectivity index (χ3v) is 7.27. The van der Waals surface area contributed by atoms with E-state index in [9.17, 15) is 8.42 Å². The number of sulfonamides is 1. The Balaban J connectivity index is 2.10. The van der Waals surface area contributed by atoms with Gasteiger partial charge in [0.05, 0.1) is 5.69 Å². The number of thiophene rings is 1. The highest BCUT2D eigenvalue weighted by Gasteiger charge is 2.28. The van der Waals surface area contributed by atoms with Crippen LogP contribution in [0.3, 0.4) is 0 Å². The monoisotopic (exact) mass is 311 g/mol. The van der Waals surface area contributed by atoms with E-state index in [1.165, 1.54) is 11.3 Å². The Hall–Kier alpha value is -0.980. The molecule has 100 valence electrons. The molecule has 0 saturated carbocycles. The summed E-state index contributed by atoms with van der Waals surface area (Å²) in [6.45, 7) is 0.546. The van der Waals surface area contributed by atoms with Gasteiger partial charge in [-0.3, -0.25) is 4.31 Å². The molecule has 3 nitrogen and oxygen atoms in total. The number of fused-ring (bicyclic) bond motifs is 1. The third kappa shape index (κ3) is 2.40. The van der Waals surface area contributed by atoms with Gasteiger partial charge >= 0.3 is 0 Å². The summed E-state index contributed by atoms with van der Waals surface area (Å²) < 4.78 is 27.3. The highest BCUT2D eigenvalue weighted by Crippen LogP contribution is 2.37. The minimum atomic E-state index is -3.42. The molecule has 6 heteroatoms. The van der Waals surface area contributed by atoms with Crippen molar-refractivity contribution in [3.63, 3.8) is 0 Å². The first-order valence-electron chi connectivity index (χ1n) is 5.98. The van der Waals surface area contributed by atoms with E-state index in [1.807, 2.05) is 24.3 Å². The van der Waals surface area contributed by atoms with E-state index >= 15 is 0 Å². The summed E-state index contributed by atoms with van der Waals surface area (Å²) in [6.07, 6.45) is 0.865. The average Bonchev–Trinajstić information content (AvgIpc) is 2.86. The molecule has 0 radical (unpaired) electrons. The van der Waals surface area contributed by atoms with E-state index in [2.05, 4.69) is 0 Å². The lowest BCUT2D eigenvalue weighted by molar-refractivity contribution is 0.592. The van der Waals surface area contributed by atoms with E-state index in [4.69, 9.17) is 0 Å². The second-order valence-electron chi connectivity index (χ2n) is 4.18. The molecule has 0 aliphatic carbocycles. The van der Waals surface area contributed by atoms with Crippen LogP contribution in [0, 0.1) is 0 Å². The van der Waals surface area contributed by atoms with Gasteiger partial charge in [0.15, 0.2) is 0 Å². The maximum atomic E-state index is 12.7. The molecular formula is C13H13NO2S3. The fourth-order valence-electron chi connectivity index (χ4n) is 2.06. The second-order valence-corrected chi connectivity index (χ2v) is 8.35. The van der Waals surface area contributed by atoms with Crippen LogP contribution in [0.25, 0.3) is 0 Å². The molecule has 0 bridgehead atoms. The Morgan fingerprint density at radius 2 is 1.95 bits per heavy atom. The molecule has 19 heavy (non-hydrogen) atoms. The molecular weight excluding hydrogens is 298 g/mol. The summed E-state index contributed by atoms with van der Waals surface area (Å²) in [5.41, 5.74) is 0.804. The van der Waals surface area contributed by atoms with Crippen LogP contribution in [0.4, 0.5) is 5.69 Å². The number of nitrogens with zero attached hydrogens (tertiary/aromatic N) is 1. The van der Waals surface area contributed by atoms with Crippen molar-refractivity contribution in [2.75, 3.05) is 16.6 Å². The van der Waals surface area contributed by atoms with Crippen molar-refractivity contribution >= 4 is 38.8 Å². The Labute approximate surface area is 121 Å². The summed E-state index contributed by atoms with van der Waals surface area (Å²) in [5.74, 6) is 0.952. The molecule has 1 aliphatic heterocycles. The molecule has 0 unspecified atom stereocenters. The SMILES string of the molecule is O=S(=O)(c1cccs1)N1CCCSc2ccccc21. The zero-order valence-electron chi connectivity index (χ0n) is 10.2. The molecule has 2 heterocycles. The maximum absolute atomic E-state index is 12.7. The van der Waals surface area contributed by atoms with Crippen LogP contribution in [0.15, 0.2) is 50.9 Å². The van der Waals surface area contributed by atoms with Crippen LogP contribution in [-0.4, -0.2) is 20.7 Å². The van der Waals surface area contributed by atoms with Gasteiger partial charge in [-0.25, -0.2) is 8.42 Å². The summed E-state index contributed by atoms with van der Waals surface area (Å²) in [5, 5.41) is 1.80. The first-order chi connectivity index (χ1) is 9.19. The fraction of sp³-hybridized carbons (Fsp3) is 0.231. The Kier molecular flexibility index (Phi) is 3.56. The normalized spacial score (nSPS) is 15.9. The highest BCUT2D eigenvalue weighted by molar-refractivity contribution is 7.99. The molecule has 0 amide bonds. The van der Waals surface area contributed by atoms with Crippen LogP contribution < -0.4 is 4.31 Å². The average molecular weight is 311 g/mol. The lowest BCUT2D eigenvalue weighted by Gasteiger charge is -2.23. The van der Waals surface area contributed by atoms with Crippen LogP contribution >= 0.6 is 23.1 Å². The summed E-state index contributed by atoms with van der Waals surface area (Å²) in [7, 11) is -3.42. The van der Waals surface area contributed by atoms with Gasteiger partial charge in [0.25, 0.3) is 10.0 Å². The van der Waals surface area contributed by atoms with Crippen LogP contribution in [0.1, 0.15) is 6.42 Å². The number of para-hydroxylation sites is 1. The van der Waals surface area contributed by atoms with Crippen molar-refractivity contribution in [3.05, 3.63) is 41.8 Å². The highest BCUT2D eigenvalue weighted by atomic mass is 32.2. The number of anilines is 1. The van der Waals surface area contributed by atoms with Gasteiger partial charge in [0, 0.05) is 11.4 Å². The molecule has 0 saturated heterocycles. The van der Waals surface area contributed by atoms with Gasteiger partial charge in [0.1, 0.15) is 4.21 Å². The fourth-order valence-corrected chi connectivity index (χ4v) is 5.74. The van der Waals surface area contributed by atoms with Crippen molar-refractivity contribution < 1.29 is 8.42 Å². The minimum Gasteiger partial charge on any atom is -0.265 e. The number of thioether (sulfide) groups is 1. The van der Waals surface area contributed by atoms with Gasteiger partial charge in [-0.05, 0) is 35.8 Å². The second kappa shape index (κ2) is 5.19. The summed E-state index contributed by atoms with van der Waals surface area (Å²) >= 11 is 2.99. The standard InChI is InChI=1S/C13H13NO2S3/c15-19(16,13-7-3-9-18-13)14-8-4-10-17-12-6-2-1-5-11(12)14/h1-3,5-7,9H,4,8,10H2. The van der Waals surface area contributed by atoms with Crippen molar-refractivity contribution in [1.29, 1.82) is 0 Å². The van der Waals surface area contributed by atoms with Gasteiger partial charge in [-0.15, -0.1) is 23.1 Å². The van der Waals surface area contributed by atoms with E-state index in [0.29, 0.717) is 10.8 Å². The molecule has 1 aromatic carbocycles. The van der Waals surface area contributed by atoms with Crippen molar-refractivity contribution in [1.82, 2.24) is 0 Å². The predicted octanol–water partition coefficient (Wildman–Crippen LogP) is 3.44. The smallest absolute Gasteiger partial charge is 0.265 e. The number of hydrogen-bond donors (Lipinski definition) is 0. The van der Waals surface area contributed by atoms with Gasteiger partial charge in [-0.1, -0.05) is 18.2 Å². The van der Waals surface area contributed by atoms with Crippen LogP contribution in [0.2, 0.25) is 0 Å². The van der Waals surface area contributed by atoms with Crippen molar-refractivity contribution in [2.24, 2.45) is 0 Å². The van der Waals surface area contributed by atoms with E-state index in [1.54, 1.807) is 33.6 Å². The quantitative estimate of drug-likeness (QED) is 0.852. The number of benzene rings is 1. The topological polar surface area (TPSA) is 37.4 Å². The molecule has 0 N–H and O–H groups in total. The van der Waals surface area contributed by atoms with E-state index in [-0.39, 0.29) is 0 Å². The molecule has 0 spiro atoms. The maximum Gasteiger partial charge on any atom is 0.273 e. The van der Waals surface area contributed by atoms with E-state index < -0.39 is 10.0 Å². The minimum absolute atomic E-state index is 0.411. The molecule has 1 aromatic heterocycles. The molecule has 0 atom stereocenters. The van der Waals surface area contributed by atoms with E-state index in [0.717, 1.165) is 22.8 Å². The predicted molar refractivity (Wildman–Crippen MR) is 80.6 cm³/mol. The first kappa shape index (κ1) is 13.0. The largest absolute Gasteiger partial charge is 0.273 e. The third-order valence-electron chi connectivity index (χ3n) is 2.94. The lowest BCUT2D eigenvalue weighted by Crippen LogP contribution is -2.31. The number of rotatable bonds is 2. The van der Waals surface area contributed by atoms with Crippen molar-refractivity contribution in [3.8, 4) is 0 Å². The molecule has 1 aliphatic rings. The Morgan fingerprint density at radius 1 is 1.11 bits per heavy atom. The zero-order valence-corrected chi connectivity index (χ0v) is 12.6. The van der Waals surface area contributed by atoms with Crippen LogP contribution in [-0.2, 0) is 10.0 Å². The summed E-state index contributed by atoms with van der Waals surface area (Å²) in [4.78, 5) is 1.04. The van der Waals surface area contributed by atoms with Gasteiger partial charge in [0.2, 0.25) is 0 Å². The van der Waals surface area contributed by atoms with Gasteiger partial charge < -0.3 is 0 Å². The molecule has 3 rings (SSSR count). The zero-order chi connectivity index (χ0) is 13.3. The Bertz CT molecular complexity index is 665. The summed E-state index contributed by atoms with van der Waals surface area (Å²) in [6, 6.07) is 11.2. The van der Waals surface area contributed by atoms with Gasteiger partial charge in [-0.2, -0.15) is 0 Å². The molecule has 0 fully saturated rings. The van der Waals surface area contributed by atoms with Crippen molar-refractivity contribution in [2.45, 2.75) is 15.5 Å². The Morgan fingerprint density at radius 3 is 2.74 bits per heavy atom.